The van der Waals surface area contributed by atoms with Gasteiger partial charge in [-0.2, -0.15) is 0 Å². The average Bonchev–Trinajstić information content (AvgIpc) is 2.66. The largest absolute Gasteiger partial charge is 0.481 e. The van der Waals surface area contributed by atoms with E-state index in [0.29, 0.717) is 5.75 Å². The monoisotopic (exact) mass is 384 g/mol. The third kappa shape index (κ3) is 4.64. The number of rotatable bonds is 6. The summed E-state index contributed by atoms with van der Waals surface area (Å²) in [5.41, 5.74) is 3.13. The van der Waals surface area contributed by atoms with Gasteiger partial charge < -0.3 is 4.74 Å². The standard InChI is InChI=1S/C20H20N2O4S/c1-14-7-11-19(12-8-14)27(24,25)22-21-20(23)15(2)26-18-10-9-16-5-3-4-6-17(16)13-18/h3-13,15,22H,1-2H3,(H,21,23)/t15-/m1/s1. The summed E-state index contributed by atoms with van der Waals surface area (Å²) in [6.45, 7) is 3.40. The number of hydrogen-bond donors (Lipinski definition) is 2. The Morgan fingerprint density at radius 1 is 0.963 bits per heavy atom. The van der Waals surface area contributed by atoms with Gasteiger partial charge in [-0.3, -0.25) is 10.2 Å². The number of aryl methyl sites for hydroxylation is 1. The van der Waals surface area contributed by atoms with Crippen LogP contribution in [0.1, 0.15) is 12.5 Å². The molecule has 2 N–H and O–H groups in total. The summed E-state index contributed by atoms with van der Waals surface area (Å²) in [7, 11) is -3.84. The van der Waals surface area contributed by atoms with Crippen LogP contribution in [-0.2, 0) is 14.8 Å². The summed E-state index contributed by atoms with van der Waals surface area (Å²) in [6.07, 6.45) is -0.883. The van der Waals surface area contributed by atoms with Crippen molar-refractivity contribution in [2.45, 2.75) is 24.8 Å². The minimum Gasteiger partial charge on any atom is -0.481 e. The molecule has 3 rings (SSSR count). The number of amides is 1. The van der Waals surface area contributed by atoms with Crippen molar-refractivity contribution in [1.29, 1.82) is 0 Å². The molecule has 0 fully saturated rings. The molecular formula is C20H20N2O4S. The molecule has 140 valence electrons. The van der Waals surface area contributed by atoms with Gasteiger partial charge in [0.25, 0.3) is 15.9 Å². The van der Waals surface area contributed by atoms with Crippen LogP contribution in [0, 0.1) is 6.92 Å². The first-order chi connectivity index (χ1) is 12.8. The Bertz CT molecular complexity index is 1060. The summed E-state index contributed by atoms with van der Waals surface area (Å²) >= 11 is 0. The van der Waals surface area contributed by atoms with Gasteiger partial charge in [-0.15, -0.1) is 4.83 Å². The van der Waals surface area contributed by atoms with Crippen LogP contribution in [0.4, 0.5) is 0 Å². The summed E-state index contributed by atoms with van der Waals surface area (Å²) in [5.74, 6) is -0.0726. The quantitative estimate of drug-likeness (QED) is 0.640. The van der Waals surface area contributed by atoms with E-state index in [9.17, 15) is 13.2 Å². The number of hydrogen-bond acceptors (Lipinski definition) is 4. The summed E-state index contributed by atoms with van der Waals surface area (Å²) in [5, 5.41) is 2.05. The lowest BCUT2D eigenvalue weighted by molar-refractivity contribution is -0.127. The van der Waals surface area contributed by atoms with Crippen molar-refractivity contribution in [2.24, 2.45) is 0 Å². The van der Waals surface area contributed by atoms with Crippen LogP contribution in [0.2, 0.25) is 0 Å². The van der Waals surface area contributed by atoms with Gasteiger partial charge in [0.1, 0.15) is 5.75 Å². The highest BCUT2D eigenvalue weighted by Crippen LogP contribution is 2.21. The van der Waals surface area contributed by atoms with Crippen LogP contribution in [0.15, 0.2) is 71.6 Å². The van der Waals surface area contributed by atoms with E-state index in [2.05, 4.69) is 10.3 Å². The molecule has 0 saturated heterocycles. The van der Waals surface area contributed by atoms with Gasteiger partial charge in [-0.05, 0) is 48.9 Å². The van der Waals surface area contributed by atoms with Crippen LogP contribution in [-0.4, -0.2) is 20.4 Å². The SMILES string of the molecule is Cc1ccc(S(=O)(=O)NNC(=O)[C@@H](C)Oc2ccc3ccccc3c2)cc1. The van der Waals surface area contributed by atoms with Crippen molar-refractivity contribution in [1.82, 2.24) is 10.3 Å². The molecule has 6 nitrogen and oxygen atoms in total. The Labute approximate surface area is 158 Å². The maximum Gasteiger partial charge on any atom is 0.275 e. The zero-order valence-corrected chi connectivity index (χ0v) is 15.8. The van der Waals surface area contributed by atoms with Crippen LogP contribution in [0.5, 0.6) is 5.75 Å². The molecule has 27 heavy (non-hydrogen) atoms. The van der Waals surface area contributed by atoms with E-state index >= 15 is 0 Å². The van der Waals surface area contributed by atoms with Crippen molar-refractivity contribution in [3.05, 3.63) is 72.3 Å². The van der Waals surface area contributed by atoms with E-state index in [1.54, 1.807) is 25.1 Å². The molecule has 3 aromatic rings. The van der Waals surface area contributed by atoms with Gasteiger partial charge in [-0.1, -0.05) is 48.0 Å². The minimum absolute atomic E-state index is 0.0662. The molecule has 0 saturated carbocycles. The second-order valence-corrected chi connectivity index (χ2v) is 7.86. The number of carbonyl (C=O) groups excluding carboxylic acids is 1. The molecule has 0 radical (unpaired) electrons. The van der Waals surface area contributed by atoms with Gasteiger partial charge in [0.05, 0.1) is 4.90 Å². The molecule has 0 aliphatic carbocycles. The van der Waals surface area contributed by atoms with Crippen molar-refractivity contribution < 1.29 is 17.9 Å². The maximum atomic E-state index is 12.2. The smallest absolute Gasteiger partial charge is 0.275 e. The zero-order chi connectivity index (χ0) is 19.4. The molecule has 0 spiro atoms. The van der Waals surface area contributed by atoms with Crippen LogP contribution >= 0.6 is 0 Å². The first-order valence-electron chi connectivity index (χ1n) is 8.39. The lowest BCUT2D eigenvalue weighted by Gasteiger charge is -2.15. The Balaban J connectivity index is 1.62. The number of carbonyl (C=O) groups is 1. The molecule has 0 aliphatic heterocycles. The Morgan fingerprint density at radius 3 is 2.33 bits per heavy atom. The Hall–Kier alpha value is -2.90. The minimum atomic E-state index is -3.84. The molecular weight excluding hydrogens is 364 g/mol. The van der Waals surface area contributed by atoms with Crippen molar-refractivity contribution >= 4 is 26.7 Å². The van der Waals surface area contributed by atoms with Crippen molar-refractivity contribution in [2.75, 3.05) is 0 Å². The fourth-order valence-corrected chi connectivity index (χ4v) is 3.34. The summed E-state index contributed by atoms with van der Waals surface area (Å²) < 4.78 is 30.0. The van der Waals surface area contributed by atoms with Crippen LogP contribution in [0.3, 0.4) is 0 Å². The third-order valence-electron chi connectivity index (χ3n) is 4.04. The highest BCUT2D eigenvalue weighted by Gasteiger charge is 2.19. The van der Waals surface area contributed by atoms with Gasteiger partial charge in [-0.25, -0.2) is 8.42 Å². The van der Waals surface area contributed by atoms with Crippen LogP contribution < -0.4 is 15.0 Å². The molecule has 1 amide bonds. The number of nitrogens with one attached hydrogen (secondary N) is 2. The molecule has 7 heteroatoms. The third-order valence-corrected chi connectivity index (χ3v) is 5.31. The Morgan fingerprint density at radius 2 is 1.63 bits per heavy atom. The molecule has 0 unspecified atom stereocenters. The van der Waals surface area contributed by atoms with Crippen molar-refractivity contribution in [3.8, 4) is 5.75 Å². The highest BCUT2D eigenvalue weighted by molar-refractivity contribution is 7.89. The average molecular weight is 384 g/mol. The van der Waals surface area contributed by atoms with E-state index < -0.39 is 22.0 Å². The lowest BCUT2D eigenvalue weighted by Crippen LogP contribution is -2.47. The summed E-state index contributed by atoms with van der Waals surface area (Å²) in [4.78, 5) is 14.3. The number of sulfonamides is 1. The first kappa shape index (κ1) is 18.9. The van der Waals surface area contributed by atoms with E-state index in [-0.39, 0.29) is 4.90 Å². The van der Waals surface area contributed by atoms with E-state index in [4.69, 9.17) is 4.74 Å². The van der Waals surface area contributed by atoms with Gasteiger partial charge in [0.2, 0.25) is 0 Å². The molecule has 3 aromatic carbocycles. The topological polar surface area (TPSA) is 84.5 Å². The lowest BCUT2D eigenvalue weighted by atomic mass is 10.1. The highest BCUT2D eigenvalue weighted by atomic mass is 32.2. The number of benzene rings is 3. The molecule has 0 aromatic heterocycles. The van der Waals surface area contributed by atoms with Gasteiger partial charge in [0.15, 0.2) is 6.10 Å². The maximum absolute atomic E-state index is 12.2. The van der Waals surface area contributed by atoms with E-state index in [1.807, 2.05) is 43.3 Å². The number of hydrazine groups is 1. The van der Waals surface area contributed by atoms with Crippen molar-refractivity contribution in [3.63, 3.8) is 0 Å². The predicted molar refractivity (Wildman–Crippen MR) is 104 cm³/mol. The fraction of sp³-hybridized carbons (Fsp3) is 0.150. The van der Waals surface area contributed by atoms with Gasteiger partial charge >= 0.3 is 0 Å². The number of fused-ring (bicyclic) bond motifs is 1. The van der Waals surface area contributed by atoms with E-state index in [1.165, 1.54) is 12.1 Å². The van der Waals surface area contributed by atoms with Crippen LogP contribution in [0.25, 0.3) is 10.8 Å². The zero-order valence-electron chi connectivity index (χ0n) is 15.0. The molecule has 0 heterocycles. The fourth-order valence-electron chi connectivity index (χ4n) is 2.49. The molecule has 1 atom stereocenters. The first-order valence-corrected chi connectivity index (χ1v) is 9.87. The van der Waals surface area contributed by atoms with Gasteiger partial charge in [0, 0.05) is 0 Å². The molecule has 0 aliphatic rings. The normalized spacial score (nSPS) is 12.5. The Kier molecular flexibility index (Phi) is 5.43. The second kappa shape index (κ2) is 7.77. The molecule has 0 bridgehead atoms. The predicted octanol–water partition coefficient (Wildman–Crippen LogP) is 2.93. The second-order valence-electron chi connectivity index (χ2n) is 6.18. The summed E-state index contributed by atoms with van der Waals surface area (Å²) in [6, 6.07) is 19.6. The van der Waals surface area contributed by atoms with E-state index in [0.717, 1.165) is 16.3 Å². The number of ether oxygens (including phenoxy) is 1.